The zero-order valence-corrected chi connectivity index (χ0v) is 11.3. The van der Waals surface area contributed by atoms with Crippen molar-refractivity contribution in [2.45, 2.75) is 13.1 Å². The van der Waals surface area contributed by atoms with Gasteiger partial charge in [0.25, 0.3) is 5.91 Å². The van der Waals surface area contributed by atoms with Gasteiger partial charge in [-0.3, -0.25) is 4.79 Å². The monoisotopic (exact) mass is 290 g/mol. The van der Waals surface area contributed by atoms with E-state index in [0.717, 1.165) is 18.2 Å². The predicted octanol–water partition coefficient (Wildman–Crippen LogP) is 2.30. The number of nitrogens with one attached hydrogen (secondary N) is 1. The predicted molar refractivity (Wildman–Crippen MR) is 69.2 cm³/mol. The molecule has 7 heteroatoms. The molecule has 0 bridgehead atoms. The van der Waals surface area contributed by atoms with Crippen LogP contribution in [-0.2, 0) is 10.9 Å². The number of hydrogen-bond donors (Lipinski definition) is 2. The van der Waals surface area contributed by atoms with Crippen molar-refractivity contribution in [2.24, 2.45) is 5.92 Å². The topological polar surface area (TPSA) is 64.3 Å². The first kappa shape index (κ1) is 16.3. The Kier molecular flexibility index (Phi) is 5.38. The number of benzene rings is 1. The number of hydrogen-bond acceptors (Lipinski definition) is 3. The van der Waals surface area contributed by atoms with Crippen LogP contribution in [0.5, 0.6) is 0 Å². The highest BCUT2D eigenvalue weighted by atomic mass is 19.4. The van der Waals surface area contributed by atoms with Gasteiger partial charge in [0.1, 0.15) is 0 Å². The smallest absolute Gasteiger partial charge is 0.398 e. The van der Waals surface area contributed by atoms with Gasteiger partial charge in [0.05, 0.1) is 17.7 Å². The lowest BCUT2D eigenvalue weighted by molar-refractivity contribution is -0.137. The Balaban J connectivity index is 2.82. The number of methoxy groups -OCH3 is 1. The Morgan fingerprint density at radius 1 is 1.45 bits per heavy atom. The van der Waals surface area contributed by atoms with E-state index in [2.05, 4.69) is 5.32 Å². The van der Waals surface area contributed by atoms with E-state index in [0.29, 0.717) is 13.2 Å². The summed E-state index contributed by atoms with van der Waals surface area (Å²) in [5.41, 5.74) is 4.48. The molecule has 0 saturated heterocycles. The minimum Gasteiger partial charge on any atom is -0.398 e. The van der Waals surface area contributed by atoms with Crippen molar-refractivity contribution in [1.29, 1.82) is 0 Å². The molecule has 0 radical (unpaired) electrons. The molecule has 20 heavy (non-hydrogen) atoms. The molecular formula is C13H17F3N2O2. The quantitative estimate of drug-likeness (QED) is 0.818. The summed E-state index contributed by atoms with van der Waals surface area (Å²) in [6.07, 6.45) is -4.51. The van der Waals surface area contributed by atoms with Crippen molar-refractivity contribution < 1.29 is 22.7 Å². The van der Waals surface area contributed by atoms with Crippen molar-refractivity contribution in [2.75, 3.05) is 26.0 Å². The summed E-state index contributed by atoms with van der Waals surface area (Å²) in [5.74, 6) is -0.576. The largest absolute Gasteiger partial charge is 0.416 e. The van der Waals surface area contributed by atoms with E-state index in [1.807, 2.05) is 6.92 Å². The van der Waals surface area contributed by atoms with Crippen LogP contribution in [-0.4, -0.2) is 26.2 Å². The zero-order valence-electron chi connectivity index (χ0n) is 11.3. The fourth-order valence-corrected chi connectivity index (χ4v) is 1.63. The number of nitrogens with two attached hydrogens (primary N) is 1. The van der Waals surface area contributed by atoms with Crippen molar-refractivity contribution in [3.8, 4) is 0 Å². The van der Waals surface area contributed by atoms with Crippen LogP contribution in [0.1, 0.15) is 22.8 Å². The lowest BCUT2D eigenvalue weighted by Gasteiger charge is -2.14. The highest BCUT2D eigenvalue weighted by Gasteiger charge is 2.31. The molecule has 4 nitrogen and oxygen atoms in total. The first-order chi connectivity index (χ1) is 9.25. The standard InChI is InChI=1S/C13H17F3N2O2/c1-8(7-20-2)6-18-12(19)10-5-9(13(14,15)16)3-4-11(10)17/h3-5,8H,6-7,17H2,1-2H3,(H,18,19). The molecule has 0 aliphatic heterocycles. The van der Waals surface area contributed by atoms with Crippen molar-refractivity contribution in [3.63, 3.8) is 0 Å². The summed E-state index contributed by atoms with van der Waals surface area (Å²) in [5, 5.41) is 2.54. The number of amides is 1. The SMILES string of the molecule is COCC(C)CNC(=O)c1cc(C(F)(F)F)ccc1N. The molecule has 0 saturated carbocycles. The van der Waals surface area contributed by atoms with E-state index in [9.17, 15) is 18.0 Å². The number of alkyl halides is 3. The lowest BCUT2D eigenvalue weighted by atomic mass is 10.1. The first-order valence-corrected chi connectivity index (χ1v) is 5.99. The Morgan fingerprint density at radius 2 is 2.10 bits per heavy atom. The van der Waals surface area contributed by atoms with E-state index in [1.165, 1.54) is 7.11 Å². The summed E-state index contributed by atoms with van der Waals surface area (Å²) < 4.78 is 42.7. The Hall–Kier alpha value is -1.76. The summed E-state index contributed by atoms with van der Waals surface area (Å²) >= 11 is 0. The second-order valence-electron chi connectivity index (χ2n) is 4.57. The molecule has 0 spiro atoms. The molecule has 1 atom stereocenters. The van der Waals surface area contributed by atoms with Crippen molar-refractivity contribution in [1.82, 2.24) is 5.32 Å². The van der Waals surface area contributed by atoms with Crippen LogP contribution < -0.4 is 11.1 Å². The van der Waals surface area contributed by atoms with Crippen molar-refractivity contribution in [3.05, 3.63) is 29.3 Å². The highest BCUT2D eigenvalue weighted by Crippen LogP contribution is 2.31. The number of nitrogen functional groups attached to an aromatic ring is 1. The molecule has 0 aliphatic carbocycles. The fraction of sp³-hybridized carbons (Fsp3) is 0.462. The van der Waals surface area contributed by atoms with E-state index < -0.39 is 17.6 Å². The van der Waals surface area contributed by atoms with Gasteiger partial charge in [-0.1, -0.05) is 6.92 Å². The number of anilines is 1. The normalized spacial score (nSPS) is 13.1. The van der Waals surface area contributed by atoms with Crippen LogP contribution in [0.2, 0.25) is 0 Å². The van der Waals surface area contributed by atoms with Gasteiger partial charge < -0.3 is 15.8 Å². The maximum absolute atomic E-state index is 12.6. The summed E-state index contributed by atoms with van der Waals surface area (Å²) in [6.45, 7) is 2.58. The third kappa shape index (κ3) is 4.41. The number of rotatable bonds is 5. The van der Waals surface area contributed by atoms with Crippen LogP contribution >= 0.6 is 0 Å². The minimum atomic E-state index is -4.51. The van der Waals surface area contributed by atoms with E-state index >= 15 is 0 Å². The maximum Gasteiger partial charge on any atom is 0.416 e. The summed E-state index contributed by atoms with van der Waals surface area (Å²) in [4.78, 5) is 11.9. The number of halogens is 3. The molecule has 1 unspecified atom stereocenters. The van der Waals surface area contributed by atoms with Gasteiger partial charge in [-0.25, -0.2) is 0 Å². The van der Waals surface area contributed by atoms with Gasteiger partial charge in [-0.15, -0.1) is 0 Å². The van der Waals surface area contributed by atoms with Crippen LogP contribution in [0, 0.1) is 5.92 Å². The van der Waals surface area contributed by atoms with Crippen LogP contribution in [0.3, 0.4) is 0 Å². The summed E-state index contributed by atoms with van der Waals surface area (Å²) in [6, 6.07) is 2.68. The third-order valence-electron chi connectivity index (χ3n) is 2.69. The molecule has 1 aromatic rings. The molecule has 3 N–H and O–H groups in total. The van der Waals surface area contributed by atoms with E-state index in [1.54, 1.807) is 0 Å². The maximum atomic E-state index is 12.6. The Bertz CT molecular complexity index is 475. The molecule has 1 aromatic carbocycles. The first-order valence-electron chi connectivity index (χ1n) is 5.99. The van der Waals surface area contributed by atoms with Gasteiger partial charge in [0.2, 0.25) is 0 Å². The van der Waals surface area contributed by atoms with Crippen LogP contribution in [0.4, 0.5) is 18.9 Å². The molecule has 0 fully saturated rings. The van der Waals surface area contributed by atoms with Crippen LogP contribution in [0.15, 0.2) is 18.2 Å². The molecule has 1 amide bonds. The summed E-state index contributed by atoms with van der Waals surface area (Å²) in [7, 11) is 1.53. The third-order valence-corrected chi connectivity index (χ3v) is 2.69. The second-order valence-corrected chi connectivity index (χ2v) is 4.57. The lowest BCUT2D eigenvalue weighted by Crippen LogP contribution is -2.30. The van der Waals surface area contributed by atoms with Gasteiger partial charge in [-0.05, 0) is 24.1 Å². The van der Waals surface area contributed by atoms with Gasteiger partial charge in [-0.2, -0.15) is 13.2 Å². The Labute approximate surface area is 115 Å². The average Bonchev–Trinajstić information content (AvgIpc) is 2.35. The van der Waals surface area contributed by atoms with E-state index in [4.69, 9.17) is 10.5 Å². The molecule has 0 aromatic heterocycles. The molecule has 1 rings (SSSR count). The average molecular weight is 290 g/mol. The van der Waals surface area contributed by atoms with Gasteiger partial charge >= 0.3 is 6.18 Å². The van der Waals surface area contributed by atoms with Crippen LogP contribution in [0.25, 0.3) is 0 Å². The molecule has 0 heterocycles. The van der Waals surface area contributed by atoms with Gasteiger partial charge in [0, 0.05) is 19.3 Å². The van der Waals surface area contributed by atoms with Crippen molar-refractivity contribution >= 4 is 11.6 Å². The number of carbonyl (C=O) groups excluding carboxylic acids is 1. The highest BCUT2D eigenvalue weighted by molar-refractivity contribution is 5.99. The second kappa shape index (κ2) is 6.60. The van der Waals surface area contributed by atoms with E-state index in [-0.39, 0.29) is 17.2 Å². The molecule has 0 aliphatic rings. The molecular weight excluding hydrogens is 273 g/mol. The minimum absolute atomic E-state index is 0.00916. The Morgan fingerprint density at radius 3 is 2.65 bits per heavy atom. The molecule has 112 valence electrons. The zero-order chi connectivity index (χ0) is 15.3. The number of carbonyl (C=O) groups is 1. The van der Waals surface area contributed by atoms with Gasteiger partial charge in [0.15, 0.2) is 0 Å². The number of ether oxygens (including phenoxy) is 1. The fourth-order valence-electron chi connectivity index (χ4n) is 1.63.